The Kier molecular flexibility index (Phi) is 6.31. The van der Waals surface area contributed by atoms with Crippen molar-refractivity contribution in [2.24, 2.45) is 5.10 Å². The molecule has 5 nitrogen and oxygen atoms in total. The number of amides is 2. The summed E-state index contributed by atoms with van der Waals surface area (Å²) in [6, 6.07) is 14.1. The van der Waals surface area contributed by atoms with E-state index in [9.17, 15) is 9.59 Å². The van der Waals surface area contributed by atoms with Crippen LogP contribution in [0.4, 0.5) is 5.69 Å². The van der Waals surface area contributed by atoms with Crippen molar-refractivity contribution in [2.75, 3.05) is 5.32 Å². The molecule has 0 saturated carbocycles. The maximum Gasteiger partial charge on any atom is 0.249 e. The molecular weight excluding hydrogens is 382 g/mol. The van der Waals surface area contributed by atoms with Gasteiger partial charge in [-0.2, -0.15) is 5.10 Å². The molecule has 0 atom stereocenters. The van der Waals surface area contributed by atoms with Gasteiger partial charge in [-0.1, -0.05) is 45.7 Å². The van der Waals surface area contributed by atoms with Gasteiger partial charge in [0.15, 0.2) is 0 Å². The van der Waals surface area contributed by atoms with Gasteiger partial charge >= 0.3 is 0 Å². The van der Waals surface area contributed by atoms with Crippen LogP contribution in [0, 0.1) is 0 Å². The lowest BCUT2D eigenvalue weighted by Gasteiger charge is -2.04. The molecule has 0 aromatic heterocycles. The molecule has 0 radical (unpaired) electrons. The van der Waals surface area contributed by atoms with E-state index in [1.54, 1.807) is 24.3 Å². The number of nitrogens with one attached hydrogen (secondary N) is 2. The van der Waals surface area contributed by atoms with Gasteiger partial charge in [0, 0.05) is 15.2 Å². The van der Waals surface area contributed by atoms with Crippen molar-refractivity contribution >= 4 is 51.2 Å². The topological polar surface area (TPSA) is 70.6 Å². The monoisotopic (exact) mass is 393 g/mol. The summed E-state index contributed by atoms with van der Waals surface area (Å²) in [7, 11) is 0. The molecule has 2 amide bonds. The van der Waals surface area contributed by atoms with Gasteiger partial charge in [-0.25, -0.2) is 5.43 Å². The van der Waals surface area contributed by atoms with Crippen molar-refractivity contribution in [3.05, 3.63) is 63.6 Å². The van der Waals surface area contributed by atoms with Gasteiger partial charge in [-0.15, -0.1) is 0 Å². The number of hydrogen-bond acceptors (Lipinski definition) is 3. The second kappa shape index (κ2) is 8.45. The lowest BCUT2D eigenvalue weighted by atomic mass is 10.2. The maximum absolute atomic E-state index is 11.7. The Morgan fingerprint density at radius 1 is 1.13 bits per heavy atom. The normalized spacial score (nSPS) is 10.5. The van der Waals surface area contributed by atoms with Gasteiger partial charge in [0.2, 0.25) is 11.8 Å². The summed E-state index contributed by atoms with van der Waals surface area (Å²) in [4.78, 5) is 23.4. The molecule has 2 aromatic rings. The van der Waals surface area contributed by atoms with Gasteiger partial charge in [0.05, 0.1) is 6.21 Å². The zero-order chi connectivity index (χ0) is 16.7. The number of halogens is 2. The first-order valence-corrected chi connectivity index (χ1v) is 7.83. The van der Waals surface area contributed by atoms with Gasteiger partial charge in [0.1, 0.15) is 6.42 Å². The number of carbonyl (C=O) groups excluding carboxylic acids is 2. The molecule has 2 N–H and O–H groups in total. The van der Waals surface area contributed by atoms with Crippen LogP contribution >= 0.6 is 27.5 Å². The molecule has 0 aliphatic rings. The fourth-order valence-electron chi connectivity index (χ4n) is 1.68. The Morgan fingerprint density at radius 3 is 2.57 bits per heavy atom. The summed E-state index contributed by atoms with van der Waals surface area (Å²) in [5.41, 5.74) is 3.67. The number of hydrogen-bond donors (Lipinski definition) is 2. The van der Waals surface area contributed by atoms with Crippen molar-refractivity contribution in [3.63, 3.8) is 0 Å². The van der Waals surface area contributed by atoms with E-state index < -0.39 is 11.8 Å². The molecule has 0 heterocycles. The van der Waals surface area contributed by atoms with Crippen molar-refractivity contribution in [2.45, 2.75) is 6.42 Å². The number of carbonyl (C=O) groups is 2. The largest absolute Gasteiger partial charge is 0.326 e. The highest BCUT2D eigenvalue weighted by Gasteiger charge is 2.09. The highest BCUT2D eigenvalue weighted by Crippen LogP contribution is 2.14. The predicted octanol–water partition coefficient (Wildman–Crippen LogP) is 3.58. The highest BCUT2D eigenvalue weighted by molar-refractivity contribution is 9.10. The SMILES string of the molecule is O=C(CC(=O)Nc1cccc(Cl)c1)NN=Cc1ccc(Br)cc1. The second-order valence-electron chi connectivity index (χ2n) is 4.58. The highest BCUT2D eigenvalue weighted by atomic mass is 79.9. The minimum atomic E-state index is -0.502. The second-order valence-corrected chi connectivity index (χ2v) is 5.93. The van der Waals surface area contributed by atoms with Crippen LogP contribution < -0.4 is 10.7 Å². The van der Waals surface area contributed by atoms with Crippen LogP contribution in [0.5, 0.6) is 0 Å². The number of anilines is 1. The van der Waals surface area contributed by atoms with Crippen LogP contribution in [0.15, 0.2) is 58.1 Å². The van der Waals surface area contributed by atoms with E-state index in [0.29, 0.717) is 10.7 Å². The molecular formula is C16H13BrClN3O2. The summed E-state index contributed by atoms with van der Waals surface area (Å²) in [6.45, 7) is 0. The van der Waals surface area contributed by atoms with Gasteiger partial charge in [-0.05, 0) is 35.9 Å². The van der Waals surface area contributed by atoms with Crippen LogP contribution in [-0.4, -0.2) is 18.0 Å². The average Bonchev–Trinajstić information content (AvgIpc) is 2.49. The molecule has 2 aromatic carbocycles. The van der Waals surface area contributed by atoms with E-state index >= 15 is 0 Å². The lowest BCUT2D eigenvalue weighted by Crippen LogP contribution is -2.24. The zero-order valence-electron chi connectivity index (χ0n) is 11.9. The van der Waals surface area contributed by atoms with Crippen LogP contribution in [0.1, 0.15) is 12.0 Å². The van der Waals surface area contributed by atoms with Crippen molar-refractivity contribution in [1.29, 1.82) is 0 Å². The Hall–Kier alpha value is -2.18. The molecule has 0 saturated heterocycles. The van der Waals surface area contributed by atoms with E-state index in [0.717, 1.165) is 10.0 Å². The molecule has 118 valence electrons. The first-order chi connectivity index (χ1) is 11.0. The third-order valence-electron chi connectivity index (χ3n) is 2.70. The van der Waals surface area contributed by atoms with Gasteiger partial charge in [-0.3, -0.25) is 9.59 Å². The van der Waals surface area contributed by atoms with Crippen LogP contribution in [-0.2, 0) is 9.59 Å². The van der Waals surface area contributed by atoms with Crippen LogP contribution in [0.3, 0.4) is 0 Å². The van der Waals surface area contributed by atoms with Gasteiger partial charge < -0.3 is 5.32 Å². The van der Waals surface area contributed by atoms with Crippen LogP contribution in [0.2, 0.25) is 5.02 Å². The minimum absolute atomic E-state index is 0.329. The predicted molar refractivity (Wildman–Crippen MR) is 94.6 cm³/mol. The number of rotatable bonds is 5. The lowest BCUT2D eigenvalue weighted by molar-refractivity contribution is -0.126. The number of hydrazone groups is 1. The molecule has 0 unspecified atom stereocenters. The molecule has 0 bridgehead atoms. The fraction of sp³-hybridized carbons (Fsp3) is 0.0625. The van der Waals surface area contributed by atoms with E-state index in [1.807, 2.05) is 24.3 Å². The summed E-state index contributed by atoms with van der Waals surface area (Å²) in [5, 5.41) is 6.90. The Labute approximate surface area is 146 Å². The Balaban J connectivity index is 1.80. The maximum atomic E-state index is 11.7. The molecule has 0 spiro atoms. The van der Waals surface area contributed by atoms with Crippen molar-refractivity contribution < 1.29 is 9.59 Å². The third-order valence-corrected chi connectivity index (χ3v) is 3.47. The standard InChI is InChI=1S/C16H13BrClN3O2/c17-12-6-4-11(5-7-12)10-19-21-16(23)9-15(22)20-14-3-1-2-13(18)8-14/h1-8,10H,9H2,(H,20,22)(H,21,23). The first-order valence-electron chi connectivity index (χ1n) is 6.66. The van der Waals surface area contributed by atoms with Crippen molar-refractivity contribution in [1.82, 2.24) is 5.43 Å². The molecule has 0 aliphatic heterocycles. The summed E-state index contributed by atoms with van der Waals surface area (Å²) < 4.78 is 0.955. The Morgan fingerprint density at radius 2 is 1.87 bits per heavy atom. The van der Waals surface area contributed by atoms with E-state index in [1.165, 1.54) is 6.21 Å². The first kappa shape index (κ1) is 17.2. The van der Waals surface area contributed by atoms with Crippen molar-refractivity contribution in [3.8, 4) is 0 Å². The summed E-state index contributed by atoms with van der Waals surface area (Å²) >= 11 is 9.15. The van der Waals surface area contributed by atoms with E-state index in [2.05, 4.69) is 31.8 Å². The summed E-state index contributed by atoms with van der Waals surface area (Å²) in [6.07, 6.45) is 1.17. The number of nitrogens with zero attached hydrogens (tertiary/aromatic N) is 1. The van der Waals surface area contributed by atoms with Gasteiger partial charge in [0.25, 0.3) is 0 Å². The molecule has 2 rings (SSSR count). The quantitative estimate of drug-likeness (QED) is 0.462. The molecule has 0 fully saturated rings. The minimum Gasteiger partial charge on any atom is -0.326 e. The van der Waals surface area contributed by atoms with Crippen LogP contribution in [0.25, 0.3) is 0 Å². The molecule has 0 aliphatic carbocycles. The molecule has 23 heavy (non-hydrogen) atoms. The fourth-order valence-corrected chi connectivity index (χ4v) is 2.14. The third kappa shape index (κ3) is 6.22. The van der Waals surface area contributed by atoms with E-state index in [-0.39, 0.29) is 6.42 Å². The summed E-state index contributed by atoms with van der Waals surface area (Å²) in [5.74, 6) is -0.943. The smallest absolute Gasteiger partial charge is 0.249 e. The number of benzene rings is 2. The van der Waals surface area contributed by atoms with E-state index in [4.69, 9.17) is 11.6 Å². The zero-order valence-corrected chi connectivity index (χ0v) is 14.3. The Bertz CT molecular complexity index is 732. The average molecular weight is 395 g/mol. The molecule has 7 heteroatoms.